The lowest BCUT2D eigenvalue weighted by Gasteiger charge is -2.49. The first-order chi connectivity index (χ1) is 13.0. The van der Waals surface area contributed by atoms with Crippen LogP contribution in [0.3, 0.4) is 0 Å². The number of alkyl carbamates (subject to hydrolysis) is 1. The summed E-state index contributed by atoms with van der Waals surface area (Å²) in [7, 11) is 0. The number of benzene rings is 1. The molecule has 0 spiro atoms. The average Bonchev–Trinajstić information content (AvgIpc) is 3.07. The molecule has 4 rings (SSSR count). The van der Waals surface area contributed by atoms with Gasteiger partial charge in [-0.25, -0.2) is 4.79 Å². The van der Waals surface area contributed by atoms with Gasteiger partial charge >= 0.3 is 6.09 Å². The molecule has 1 aromatic rings. The van der Waals surface area contributed by atoms with Crippen molar-refractivity contribution in [2.24, 2.45) is 29.6 Å². The molecule has 7 atom stereocenters. The third kappa shape index (κ3) is 3.83. The largest absolute Gasteiger partial charge is 0.434 e. The van der Waals surface area contributed by atoms with Gasteiger partial charge in [0.2, 0.25) is 0 Å². The lowest BCUT2D eigenvalue weighted by Crippen LogP contribution is -2.47. The van der Waals surface area contributed by atoms with Crippen LogP contribution >= 0.6 is 0 Å². The zero-order valence-electron chi connectivity index (χ0n) is 16.2. The van der Waals surface area contributed by atoms with Gasteiger partial charge in [-0.05, 0) is 60.8 Å². The van der Waals surface area contributed by atoms with Crippen LogP contribution in [0, 0.1) is 29.6 Å². The number of nitrogens with one attached hydrogen (secondary N) is 2. The molecule has 1 saturated heterocycles. The molecule has 5 nitrogen and oxygen atoms in total. The van der Waals surface area contributed by atoms with Crippen molar-refractivity contribution in [3.8, 4) is 0 Å². The number of hydrogen-bond donors (Lipinski definition) is 2. The summed E-state index contributed by atoms with van der Waals surface area (Å²) in [5.41, 5.74) is 1.15. The molecule has 3 fully saturated rings. The van der Waals surface area contributed by atoms with Crippen LogP contribution < -0.4 is 10.6 Å². The van der Waals surface area contributed by atoms with Crippen LogP contribution in [0.25, 0.3) is 0 Å². The highest BCUT2D eigenvalue weighted by Crippen LogP contribution is 2.51. The van der Waals surface area contributed by atoms with Gasteiger partial charge in [-0.15, -0.1) is 0 Å². The maximum Gasteiger partial charge on any atom is 0.408 e. The second kappa shape index (κ2) is 7.53. The number of amides is 2. The SMILES string of the molecule is CC1CC2CC(C)C(C(NC(=O)C3CNC(=O)O3)c3ccccc3)C(C1)C2. The van der Waals surface area contributed by atoms with Gasteiger partial charge in [-0.1, -0.05) is 44.2 Å². The van der Waals surface area contributed by atoms with E-state index in [1.165, 1.54) is 25.7 Å². The number of ether oxygens (including phenoxy) is 1. The summed E-state index contributed by atoms with van der Waals surface area (Å²) >= 11 is 0. The number of rotatable bonds is 4. The molecule has 7 unspecified atom stereocenters. The minimum Gasteiger partial charge on any atom is -0.434 e. The van der Waals surface area contributed by atoms with Gasteiger partial charge in [-0.3, -0.25) is 4.79 Å². The fourth-order valence-corrected chi connectivity index (χ4v) is 5.90. The zero-order valence-corrected chi connectivity index (χ0v) is 16.2. The van der Waals surface area contributed by atoms with Crippen molar-refractivity contribution in [1.29, 1.82) is 0 Å². The van der Waals surface area contributed by atoms with Crippen LogP contribution in [-0.2, 0) is 9.53 Å². The first kappa shape index (κ1) is 18.3. The Balaban J connectivity index is 1.59. The van der Waals surface area contributed by atoms with E-state index in [0.717, 1.165) is 17.4 Å². The highest BCUT2D eigenvalue weighted by molar-refractivity contribution is 5.86. The van der Waals surface area contributed by atoms with Crippen LogP contribution in [0.1, 0.15) is 51.1 Å². The van der Waals surface area contributed by atoms with E-state index in [4.69, 9.17) is 4.74 Å². The molecule has 1 aromatic carbocycles. The summed E-state index contributed by atoms with van der Waals surface area (Å²) < 4.78 is 5.11. The first-order valence-corrected chi connectivity index (χ1v) is 10.3. The average molecular weight is 370 g/mol. The van der Waals surface area contributed by atoms with Crippen molar-refractivity contribution in [3.05, 3.63) is 35.9 Å². The van der Waals surface area contributed by atoms with Gasteiger partial charge in [0.05, 0.1) is 12.6 Å². The van der Waals surface area contributed by atoms with E-state index in [0.29, 0.717) is 17.8 Å². The Labute approximate surface area is 161 Å². The van der Waals surface area contributed by atoms with Crippen LogP contribution in [0.2, 0.25) is 0 Å². The molecule has 3 aliphatic rings. The molecule has 5 heteroatoms. The summed E-state index contributed by atoms with van der Waals surface area (Å²) in [4.78, 5) is 24.2. The Kier molecular flexibility index (Phi) is 5.11. The summed E-state index contributed by atoms with van der Waals surface area (Å²) in [6, 6.07) is 10.2. The van der Waals surface area contributed by atoms with Crippen molar-refractivity contribution in [3.63, 3.8) is 0 Å². The van der Waals surface area contributed by atoms with Crippen molar-refractivity contribution in [2.45, 2.75) is 51.7 Å². The third-order valence-corrected chi connectivity index (χ3v) is 6.80. The second-order valence-electron chi connectivity index (χ2n) is 8.90. The minimum atomic E-state index is -0.736. The predicted octanol–water partition coefficient (Wildman–Crippen LogP) is 3.66. The van der Waals surface area contributed by atoms with Gasteiger partial charge in [0, 0.05) is 0 Å². The Morgan fingerprint density at radius 1 is 1.15 bits per heavy atom. The quantitative estimate of drug-likeness (QED) is 0.850. The van der Waals surface area contributed by atoms with E-state index in [1.807, 2.05) is 18.2 Å². The van der Waals surface area contributed by atoms with Crippen molar-refractivity contribution in [1.82, 2.24) is 10.6 Å². The van der Waals surface area contributed by atoms with Crippen molar-refractivity contribution >= 4 is 12.0 Å². The van der Waals surface area contributed by atoms with Crippen LogP contribution in [0.5, 0.6) is 0 Å². The molecular formula is C22H30N2O3. The topological polar surface area (TPSA) is 67.4 Å². The molecule has 27 heavy (non-hydrogen) atoms. The summed E-state index contributed by atoms with van der Waals surface area (Å²) in [5, 5.41) is 5.83. The summed E-state index contributed by atoms with van der Waals surface area (Å²) in [6.07, 6.45) is 3.86. The molecule has 146 valence electrons. The van der Waals surface area contributed by atoms with E-state index in [1.54, 1.807) is 0 Å². The van der Waals surface area contributed by atoms with E-state index < -0.39 is 12.2 Å². The van der Waals surface area contributed by atoms with Gasteiger partial charge in [-0.2, -0.15) is 0 Å². The van der Waals surface area contributed by atoms with Crippen LogP contribution in [0.4, 0.5) is 4.79 Å². The van der Waals surface area contributed by atoms with Gasteiger partial charge in [0.15, 0.2) is 6.10 Å². The Bertz CT molecular complexity index is 688. The zero-order chi connectivity index (χ0) is 19.0. The fraction of sp³-hybridized carbons (Fsp3) is 0.636. The summed E-state index contributed by atoms with van der Waals surface area (Å²) in [6.45, 7) is 4.96. The number of carbonyl (C=O) groups is 2. The molecule has 0 radical (unpaired) electrons. The summed E-state index contributed by atoms with van der Waals surface area (Å²) in [5.74, 6) is 3.02. The maximum absolute atomic E-state index is 12.8. The highest BCUT2D eigenvalue weighted by atomic mass is 16.6. The monoisotopic (exact) mass is 370 g/mol. The normalized spacial score (nSPS) is 36.4. The first-order valence-electron chi connectivity index (χ1n) is 10.3. The minimum absolute atomic E-state index is 0.0377. The molecule has 0 aromatic heterocycles. The molecular weight excluding hydrogens is 340 g/mol. The number of carbonyl (C=O) groups excluding carboxylic acids is 2. The van der Waals surface area contributed by atoms with Crippen molar-refractivity contribution < 1.29 is 14.3 Å². The highest BCUT2D eigenvalue weighted by Gasteiger charge is 2.45. The van der Waals surface area contributed by atoms with E-state index in [9.17, 15) is 9.59 Å². The molecule has 1 aliphatic heterocycles. The lowest BCUT2D eigenvalue weighted by molar-refractivity contribution is -0.129. The predicted molar refractivity (Wildman–Crippen MR) is 103 cm³/mol. The van der Waals surface area contributed by atoms with Gasteiger partial charge in [0.25, 0.3) is 5.91 Å². The van der Waals surface area contributed by atoms with Crippen LogP contribution in [0.15, 0.2) is 30.3 Å². The number of fused-ring (bicyclic) bond motifs is 2. The molecule has 2 aliphatic carbocycles. The molecule has 2 saturated carbocycles. The molecule has 2 N–H and O–H groups in total. The number of cyclic esters (lactones) is 1. The van der Waals surface area contributed by atoms with E-state index in [-0.39, 0.29) is 18.5 Å². The third-order valence-electron chi connectivity index (χ3n) is 6.80. The van der Waals surface area contributed by atoms with E-state index in [2.05, 4.69) is 36.6 Å². The van der Waals surface area contributed by atoms with Gasteiger partial charge in [0.1, 0.15) is 0 Å². The van der Waals surface area contributed by atoms with E-state index >= 15 is 0 Å². The molecule has 2 amide bonds. The smallest absolute Gasteiger partial charge is 0.408 e. The van der Waals surface area contributed by atoms with Gasteiger partial charge < -0.3 is 15.4 Å². The molecule has 2 bridgehead atoms. The Morgan fingerprint density at radius 3 is 2.63 bits per heavy atom. The number of hydrogen-bond acceptors (Lipinski definition) is 3. The molecule has 1 heterocycles. The second-order valence-corrected chi connectivity index (χ2v) is 8.90. The fourth-order valence-electron chi connectivity index (χ4n) is 5.90. The maximum atomic E-state index is 12.8. The Hall–Kier alpha value is -2.04. The Morgan fingerprint density at radius 2 is 1.93 bits per heavy atom. The van der Waals surface area contributed by atoms with Crippen LogP contribution in [-0.4, -0.2) is 24.6 Å². The van der Waals surface area contributed by atoms with Crippen molar-refractivity contribution in [2.75, 3.05) is 6.54 Å². The standard InChI is InChI=1S/C22H30N2O3/c1-13-8-15-10-14(2)19(17(9-13)11-15)20(16-6-4-3-5-7-16)24-21(25)18-12-23-22(26)27-18/h3-7,13-15,17-20H,8-12H2,1-2H3,(H,23,26)(H,24,25). The lowest BCUT2D eigenvalue weighted by atomic mass is 9.58.